The highest BCUT2D eigenvalue weighted by Gasteiger charge is 2.23. The lowest BCUT2D eigenvalue weighted by atomic mass is 9.95. The lowest BCUT2D eigenvalue weighted by Crippen LogP contribution is -2.34. The van der Waals surface area contributed by atoms with Crippen LogP contribution in [0.15, 0.2) is 79.6 Å². The molecule has 6 nitrogen and oxygen atoms in total. The molecule has 2 N–H and O–H groups in total. The standard InChI is InChI=1S/C30H32FN5O/c1-21(28-29(32)33-20-34-30(28)35(2)18-22-12-14-36(31)15-13-22)24-8-9-26-17-27(11-10-25(26)16-24)37-19-23-6-4-3-5-7-23/h3-11,16-17,20,22H,1,12-15,18-19H2,2H3,(H2,32,33,34). The van der Waals surface area contributed by atoms with Gasteiger partial charge in [-0.15, -0.1) is 9.60 Å². The van der Waals surface area contributed by atoms with Crippen LogP contribution in [-0.4, -0.2) is 41.8 Å². The van der Waals surface area contributed by atoms with Crippen LogP contribution in [0, 0.1) is 5.92 Å². The first kappa shape index (κ1) is 24.7. The van der Waals surface area contributed by atoms with Gasteiger partial charge in [-0.2, -0.15) is 0 Å². The van der Waals surface area contributed by atoms with E-state index in [1.807, 2.05) is 43.4 Å². The Hall–Kier alpha value is -3.97. The van der Waals surface area contributed by atoms with E-state index in [-0.39, 0.29) is 0 Å². The van der Waals surface area contributed by atoms with Gasteiger partial charge in [0, 0.05) is 26.7 Å². The maximum absolute atomic E-state index is 13.4. The molecule has 3 aromatic carbocycles. The molecule has 7 heteroatoms. The summed E-state index contributed by atoms with van der Waals surface area (Å²) >= 11 is 0. The van der Waals surface area contributed by atoms with Gasteiger partial charge in [-0.1, -0.05) is 55.1 Å². The highest BCUT2D eigenvalue weighted by atomic mass is 19.2. The summed E-state index contributed by atoms with van der Waals surface area (Å²) in [6, 6.07) is 22.4. The normalized spacial score (nSPS) is 14.5. The number of nitrogens with two attached hydrogens (primary N) is 1. The smallest absolute Gasteiger partial charge is 0.141 e. The number of nitrogen functional groups attached to an aromatic ring is 1. The first-order valence-corrected chi connectivity index (χ1v) is 12.6. The van der Waals surface area contributed by atoms with Crippen molar-refractivity contribution in [1.29, 1.82) is 0 Å². The highest BCUT2D eigenvalue weighted by Crippen LogP contribution is 2.34. The quantitative estimate of drug-likeness (QED) is 0.307. The van der Waals surface area contributed by atoms with E-state index in [9.17, 15) is 4.48 Å². The van der Waals surface area contributed by atoms with E-state index in [1.165, 1.54) is 6.33 Å². The fourth-order valence-electron chi connectivity index (χ4n) is 4.91. The summed E-state index contributed by atoms with van der Waals surface area (Å²) in [5.41, 5.74) is 9.93. The molecule has 1 fully saturated rings. The molecule has 190 valence electrons. The number of ether oxygens (including phenoxy) is 1. The molecule has 2 heterocycles. The van der Waals surface area contributed by atoms with Gasteiger partial charge in [0.05, 0.1) is 5.56 Å². The van der Waals surface area contributed by atoms with Gasteiger partial charge >= 0.3 is 0 Å². The molecule has 0 atom stereocenters. The van der Waals surface area contributed by atoms with Crippen molar-refractivity contribution in [3.05, 3.63) is 96.3 Å². The molecule has 0 bridgehead atoms. The van der Waals surface area contributed by atoms with Crippen molar-refractivity contribution in [3.8, 4) is 5.75 Å². The number of anilines is 2. The number of rotatable bonds is 8. The zero-order valence-electron chi connectivity index (χ0n) is 21.1. The van der Waals surface area contributed by atoms with Crippen LogP contribution in [-0.2, 0) is 6.61 Å². The topological polar surface area (TPSA) is 67.5 Å². The van der Waals surface area contributed by atoms with E-state index in [4.69, 9.17) is 10.5 Å². The van der Waals surface area contributed by atoms with Crippen LogP contribution in [0.3, 0.4) is 0 Å². The van der Waals surface area contributed by atoms with Crippen molar-refractivity contribution in [1.82, 2.24) is 15.1 Å². The fourth-order valence-corrected chi connectivity index (χ4v) is 4.91. The van der Waals surface area contributed by atoms with Gasteiger partial charge < -0.3 is 15.4 Å². The van der Waals surface area contributed by atoms with Crippen molar-refractivity contribution in [2.45, 2.75) is 19.4 Å². The molecule has 1 saturated heterocycles. The number of aromatic nitrogens is 2. The lowest BCUT2D eigenvalue weighted by molar-refractivity contribution is -0.00751. The molecule has 0 spiro atoms. The van der Waals surface area contributed by atoms with Gasteiger partial charge in [-0.3, -0.25) is 0 Å². The Balaban J connectivity index is 1.35. The van der Waals surface area contributed by atoms with Crippen molar-refractivity contribution in [2.24, 2.45) is 5.92 Å². The van der Waals surface area contributed by atoms with Crippen molar-refractivity contribution in [3.63, 3.8) is 0 Å². The minimum atomic E-state index is 0.394. The summed E-state index contributed by atoms with van der Waals surface area (Å²) in [4.78, 5) is 10.9. The third-order valence-electron chi connectivity index (χ3n) is 7.02. The van der Waals surface area contributed by atoms with Crippen LogP contribution in [0.25, 0.3) is 16.3 Å². The molecule has 1 aliphatic heterocycles. The number of halogens is 1. The van der Waals surface area contributed by atoms with Gasteiger partial charge in [0.25, 0.3) is 0 Å². The van der Waals surface area contributed by atoms with Gasteiger partial charge in [0.2, 0.25) is 0 Å². The predicted molar refractivity (Wildman–Crippen MR) is 148 cm³/mol. The summed E-state index contributed by atoms with van der Waals surface area (Å²) < 4.78 is 19.4. The Kier molecular flexibility index (Phi) is 7.32. The van der Waals surface area contributed by atoms with Gasteiger partial charge in [-0.25, -0.2) is 9.97 Å². The summed E-state index contributed by atoms with van der Waals surface area (Å²) in [6.45, 7) is 6.62. The van der Waals surface area contributed by atoms with E-state index in [1.54, 1.807) is 0 Å². The van der Waals surface area contributed by atoms with Gasteiger partial charge in [0.15, 0.2) is 0 Å². The predicted octanol–water partition coefficient (Wildman–Crippen LogP) is 5.89. The second-order valence-corrected chi connectivity index (χ2v) is 9.67. The Bertz CT molecular complexity index is 1390. The molecule has 0 amide bonds. The lowest BCUT2D eigenvalue weighted by Gasteiger charge is -2.31. The molecule has 1 aliphatic rings. The molecular weight excluding hydrogens is 465 g/mol. The van der Waals surface area contributed by atoms with Gasteiger partial charge in [0.1, 0.15) is 30.3 Å². The first-order chi connectivity index (χ1) is 18.0. The summed E-state index contributed by atoms with van der Waals surface area (Å²) in [5, 5.41) is 3.05. The number of hydrogen-bond donors (Lipinski definition) is 1. The van der Waals surface area contributed by atoms with E-state index in [2.05, 4.69) is 51.8 Å². The maximum atomic E-state index is 13.4. The second kappa shape index (κ2) is 11.0. The largest absolute Gasteiger partial charge is 0.489 e. The number of hydrogen-bond acceptors (Lipinski definition) is 6. The second-order valence-electron chi connectivity index (χ2n) is 9.67. The van der Waals surface area contributed by atoms with Crippen LogP contribution < -0.4 is 15.4 Å². The molecule has 0 unspecified atom stereocenters. The number of benzene rings is 3. The Morgan fingerprint density at radius 2 is 1.78 bits per heavy atom. The van der Waals surface area contributed by atoms with Crippen LogP contribution in [0.4, 0.5) is 16.1 Å². The molecule has 0 saturated carbocycles. The Morgan fingerprint density at radius 1 is 1.05 bits per heavy atom. The minimum absolute atomic E-state index is 0.394. The molecule has 1 aromatic heterocycles. The van der Waals surface area contributed by atoms with E-state index >= 15 is 0 Å². The molecular formula is C30H32FN5O. The average molecular weight is 498 g/mol. The van der Waals surface area contributed by atoms with E-state index in [0.717, 1.165) is 69.1 Å². The van der Waals surface area contributed by atoms with Crippen molar-refractivity contribution >= 4 is 28.0 Å². The third-order valence-corrected chi connectivity index (χ3v) is 7.02. The van der Waals surface area contributed by atoms with Crippen LogP contribution in [0.5, 0.6) is 5.75 Å². The first-order valence-electron chi connectivity index (χ1n) is 12.6. The summed E-state index contributed by atoms with van der Waals surface area (Å²) in [6.07, 6.45) is 3.12. The van der Waals surface area contributed by atoms with Crippen molar-refractivity contribution < 1.29 is 9.22 Å². The minimum Gasteiger partial charge on any atom is -0.489 e. The zero-order valence-corrected chi connectivity index (χ0v) is 21.1. The molecule has 5 rings (SSSR count). The zero-order chi connectivity index (χ0) is 25.8. The Labute approximate surface area is 217 Å². The molecule has 4 aromatic rings. The monoisotopic (exact) mass is 497 g/mol. The molecule has 0 aliphatic carbocycles. The summed E-state index contributed by atoms with van der Waals surface area (Å²) in [5.74, 6) is 2.36. The van der Waals surface area contributed by atoms with Gasteiger partial charge in [-0.05, 0) is 64.4 Å². The van der Waals surface area contributed by atoms with Crippen LogP contribution >= 0.6 is 0 Å². The average Bonchev–Trinajstić information content (AvgIpc) is 2.93. The highest BCUT2D eigenvalue weighted by molar-refractivity contribution is 5.93. The number of nitrogens with zero attached hydrogens (tertiary/aromatic N) is 4. The maximum Gasteiger partial charge on any atom is 0.141 e. The van der Waals surface area contributed by atoms with Crippen LogP contribution in [0.1, 0.15) is 29.5 Å². The Morgan fingerprint density at radius 3 is 2.57 bits per heavy atom. The van der Waals surface area contributed by atoms with E-state index < -0.39 is 0 Å². The SMILES string of the molecule is C=C(c1ccc2cc(OCc3ccccc3)ccc2c1)c1c(N)ncnc1N(C)CC1CCN(F)CC1. The number of fused-ring (bicyclic) bond motifs is 1. The molecule has 37 heavy (non-hydrogen) atoms. The molecule has 0 radical (unpaired) electrons. The third kappa shape index (κ3) is 5.73. The number of piperidine rings is 1. The van der Waals surface area contributed by atoms with E-state index in [0.29, 0.717) is 31.4 Å². The summed E-state index contributed by atoms with van der Waals surface area (Å²) in [7, 11) is 2.00. The fraction of sp³-hybridized carbons (Fsp3) is 0.267. The van der Waals surface area contributed by atoms with Crippen molar-refractivity contribution in [2.75, 3.05) is 37.3 Å². The van der Waals surface area contributed by atoms with Crippen LogP contribution in [0.2, 0.25) is 0 Å².